The molecular formula is C20H35N5O2. The van der Waals surface area contributed by atoms with Gasteiger partial charge in [-0.05, 0) is 31.7 Å². The molecule has 0 spiro atoms. The van der Waals surface area contributed by atoms with Crippen molar-refractivity contribution in [2.24, 2.45) is 4.99 Å². The van der Waals surface area contributed by atoms with Gasteiger partial charge in [-0.2, -0.15) is 0 Å². The van der Waals surface area contributed by atoms with Crippen LogP contribution in [0.15, 0.2) is 23.3 Å². The van der Waals surface area contributed by atoms with Gasteiger partial charge in [0.2, 0.25) is 5.88 Å². The predicted octanol–water partition coefficient (Wildman–Crippen LogP) is 2.04. The van der Waals surface area contributed by atoms with Gasteiger partial charge in [-0.1, -0.05) is 13.0 Å². The molecule has 0 saturated carbocycles. The van der Waals surface area contributed by atoms with Crippen LogP contribution in [-0.2, 0) is 11.3 Å². The second-order valence-electron chi connectivity index (χ2n) is 6.80. The molecule has 0 bridgehead atoms. The number of hydrogen-bond acceptors (Lipinski definition) is 5. The number of pyridine rings is 1. The molecule has 152 valence electrons. The van der Waals surface area contributed by atoms with Gasteiger partial charge in [-0.3, -0.25) is 0 Å². The van der Waals surface area contributed by atoms with Crippen LogP contribution in [0.5, 0.6) is 5.88 Å². The Balaban J connectivity index is 1.81. The first kappa shape index (κ1) is 21.4. The van der Waals surface area contributed by atoms with Gasteiger partial charge >= 0.3 is 0 Å². The average molecular weight is 378 g/mol. The van der Waals surface area contributed by atoms with Crippen molar-refractivity contribution in [3.8, 4) is 5.88 Å². The summed E-state index contributed by atoms with van der Waals surface area (Å²) < 4.78 is 10.7. The first-order valence-corrected chi connectivity index (χ1v) is 10.1. The minimum atomic E-state index is 0.463. The maximum atomic E-state index is 5.52. The van der Waals surface area contributed by atoms with E-state index in [4.69, 9.17) is 14.5 Å². The molecular weight excluding hydrogens is 342 g/mol. The van der Waals surface area contributed by atoms with Crippen LogP contribution in [0.4, 0.5) is 0 Å². The Kier molecular flexibility index (Phi) is 9.94. The number of guanidine groups is 1. The fourth-order valence-electron chi connectivity index (χ4n) is 3.00. The van der Waals surface area contributed by atoms with E-state index in [1.54, 1.807) is 7.11 Å². The highest BCUT2D eigenvalue weighted by Crippen LogP contribution is 2.11. The fraction of sp³-hybridized carbons (Fsp3) is 0.700. The van der Waals surface area contributed by atoms with E-state index in [1.807, 2.05) is 18.3 Å². The van der Waals surface area contributed by atoms with E-state index in [9.17, 15) is 0 Å². The summed E-state index contributed by atoms with van der Waals surface area (Å²) in [6.45, 7) is 10.3. The number of methoxy groups -OCH3 is 1. The minimum absolute atomic E-state index is 0.463. The van der Waals surface area contributed by atoms with Crippen LogP contribution in [0.25, 0.3) is 0 Å². The van der Waals surface area contributed by atoms with Crippen LogP contribution in [0, 0.1) is 0 Å². The van der Waals surface area contributed by atoms with Crippen molar-refractivity contribution < 1.29 is 9.47 Å². The third-order valence-electron chi connectivity index (χ3n) is 4.56. The number of piperidine rings is 1. The topological polar surface area (TPSA) is 71.0 Å². The van der Waals surface area contributed by atoms with Crippen LogP contribution in [0.1, 0.15) is 38.7 Å². The van der Waals surface area contributed by atoms with Crippen LogP contribution in [-0.4, -0.2) is 68.4 Å². The standard InChI is InChI=1S/C20H35N5O2/c1-4-13-27-19-7-6-17(15-22-19)16-23-20(21-5-2)24-18-8-10-25(11-9-18)12-14-26-3/h6-7,15,18H,4-5,8-14,16H2,1-3H3,(H2,21,23,24). The van der Waals surface area contributed by atoms with Gasteiger partial charge in [0.05, 0.1) is 19.8 Å². The quantitative estimate of drug-likeness (QED) is 0.480. The second kappa shape index (κ2) is 12.5. The van der Waals surface area contributed by atoms with Gasteiger partial charge in [-0.15, -0.1) is 0 Å². The zero-order valence-electron chi connectivity index (χ0n) is 17.0. The summed E-state index contributed by atoms with van der Waals surface area (Å²) in [7, 11) is 1.76. The van der Waals surface area contributed by atoms with Crippen LogP contribution >= 0.6 is 0 Å². The Bertz CT molecular complexity index is 542. The van der Waals surface area contributed by atoms with Gasteiger partial charge in [0.25, 0.3) is 0 Å². The Morgan fingerprint density at radius 3 is 2.70 bits per heavy atom. The molecule has 0 unspecified atom stereocenters. The number of nitrogens with zero attached hydrogens (tertiary/aromatic N) is 3. The highest BCUT2D eigenvalue weighted by Gasteiger charge is 2.19. The molecule has 1 aromatic rings. The molecule has 0 atom stereocenters. The molecule has 7 nitrogen and oxygen atoms in total. The summed E-state index contributed by atoms with van der Waals surface area (Å²) in [6, 6.07) is 4.40. The molecule has 1 aromatic heterocycles. The lowest BCUT2D eigenvalue weighted by Gasteiger charge is -2.32. The molecule has 1 fully saturated rings. The smallest absolute Gasteiger partial charge is 0.213 e. The number of aliphatic imine (C=N–C) groups is 1. The fourth-order valence-corrected chi connectivity index (χ4v) is 3.00. The molecule has 0 amide bonds. The lowest BCUT2D eigenvalue weighted by atomic mass is 10.1. The van der Waals surface area contributed by atoms with E-state index in [0.717, 1.165) is 63.6 Å². The molecule has 1 aliphatic rings. The van der Waals surface area contributed by atoms with Crippen molar-refractivity contribution in [2.75, 3.05) is 46.5 Å². The number of aromatic nitrogens is 1. The zero-order chi connectivity index (χ0) is 19.3. The van der Waals surface area contributed by atoms with Crippen molar-refractivity contribution in [1.29, 1.82) is 0 Å². The van der Waals surface area contributed by atoms with E-state index in [-0.39, 0.29) is 0 Å². The summed E-state index contributed by atoms with van der Waals surface area (Å²) in [6.07, 6.45) is 5.07. The molecule has 7 heteroatoms. The van der Waals surface area contributed by atoms with Gasteiger partial charge in [0.15, 0.2) is 5.96 Å². The van der Waals surface area contributed by atoms with E-state index in [1.165, 1.54) is 0 Å². The number of rotatable bonds is 10. The van der Waals surface area contributed by atoms with Crippen molar-refractivity contribution >= 4 is 5.96 Å². The molecule has 2 rings (SSSR count). The maximum Gasteiger partial charge on any atom is 0.213 e. The van der Waals surface area contributed by atoms with Gasteiger partial charge in [-0.25, -0.2) is 9.98 Å². The van der Waals surface area contributed by atoms with Crippen LogP contribution in [0.2, 0.25) is 0 Å². The van der Waals surface area contributed by atoms with Crippen LogP contribution in [0.3, 0.4) is 0 Å². The van der Waals surface area contributed by atoms with E-state index in [0.29, 0.717) is 25.1 Å². The number of nitrogens with one attached hydrogen (secondary N) is 2. The van der Waals surface area contributed by atoms with Gasteiger partial charge in [0.1, 0.15) is 0 Å². The lowest BCUT2D eigenvalue weighted by molar-refractivity contribution is 0.128. The number of ether oxygens (including phenoxy) is 2. The summed E-state index contributed by atoms with van der Waals surface area (Å²) in [5, 5.41) is 6.92. The Hall–Kier alpha value is -1.86. The zero-order valence-corrected chi connectivity index (χ0v) is 17.0. The van der Waals surface area contributed by atoms with Crippen molar-refractivity contribution in [2.45, 2.75) is 45.7 Å². The largest absolute Gasteiger partial charge is 0.478 e. The third kappa shape index (κ3) is 8.13. The van der Waals surface area contributed by atoms with Gasteiger partial charge < -0.3 is 25.0 Å². The normalized spacial score (nSPS) is 16.3. The van der Waals surface area contributed by atoms with Crippen molar-refractivity contribution in [3.05, 3.63) is 23.9 Å². The van der Waals surface area contributed by atoms with E-state index in [2.05, 4.69) is 34.4 Å². The van der Waals surface area contributed by atoms with E-state index < -0.39 is 0 Å². The lowest BCUT2D eigenvalue weighted by Crippen LogP contribution is -2.49. The molecule has 27 heavy (non-hydrogen) atoms. The molecule has 1 aliphatic heterocycles. The summed E-state index contributed by atoms with van der Waals surface area (Å²) in [5.41, 5.74) is 1.07. The molecule has 1 saturated heterocycles. The van der Waals surface area contributed by atoms with E-state index >= 15 is 0 Å². The highest BCUT2D eigenvalue weighted by atomic mass is 16.5. The molecule has 0 aromatic carbocycles. The Morgan fingerprint density at radius 2 is 2.07 bits per heavy atom. The average Bonchev–Trinajstić information content (AvgIpc) is 2.71. The summed E-state index contributed by atoms with van der Waals surface area (Å²) >= 11 is 0. The second-order valence-corrected chi connectivity index (χ2v) is 6.80. The van der Waals surface area contributed by atoms with Crippen LogP contribution < -0.4 is 15.4 Å². The van der Waals surface area contributed by atoms with Gasteiger partial charge in [0, 0.05) is 51.6 Å². The number of likely N-dealkylation sites (tertiary alicyclic amines) is 1. The summed E-state index contributed by atoms with van der Waals surface area (Å²) in [4.78, 5) is 11.5. The first-order valence-electron chi connectivity index (χ1n) is 10.1. The number of hydrogen-bond donors (Lipinski definition) is 2. The van der Waals surface area contributed by atoms with Crippen molar-refractivity contribution in [3.63, 3.8) is 0 Å². The SMILES string of the molecule is CCCOc1ccc(CN=C(NCC)NC2CCN(CCOC)CC2)cn1. The maximum absolute atomic E-state index is 5.52. The first-order chi connectivity index (χ1) is 13.2. The Labute approximate surface area is 163 Å². The molecule has 0 radical (unpaired) electrons. The predicted molar refractivity (Wildman–Crippen MR) is 109 cm³/mol. The van der Waals surface area contributed by atoms with Crippen molar-refractivity contribution in [1.82, 2.24) is 20.5 Å². The summed E-state index contributed by atoms with van der Waals surface area (Å²) in [5.74, 6) is 1.55. The molecule has 2 heterocycles. The third-order valence-corrected chi connectivity index (χ3v) is 4.56. The molecule has 2 N–H and O–H groups in total. The molecule has 0 aliphatic carbocycles. The minimum Gasteiger partial charge on any atom is -0.478 e. The monoisotopic (exact) mass is 377 g/mol. The highest BCUT2D eigenvalue weighted by molar-refractivity contribution is 5.80. The Morgan fingerprint density at radius 1 is 1.26 bits per heavy atom.